The van der Waals surface area contributed by atoms with E-state index in [0.29, 0.717) is 24.7 Å². The molecule has 0 saturated heterocycles. The van der Waals surface area contributed by atoms with E-state index in [2.05, 4.69) is 15.5 Å². The summed E-state index contributed by atoms with van der Waals surface area (Å²) in [4.78, 5) is 25.2. The third-order valence-electron chi connectivity index (χ3n) is 4.29. The number of carbonyl (C=O) groups is 2. The van der Waals surface area contributed by atoms with Crippen LogP contribution in [-0.2, 0) is 9.59 Å². The fourth-order valence-electron chi connectivity index (χ4n) is 2.81. The van der Waals surface area contributed by atoms with Gasteiger partial charge >= 0.3 is 0 Å². The zero-order valence-corrected chi connectivity index (χ0v) is 20.4. The highest BCUT2D eigenvalue weighted by Crippen LogP contribution is 2.42. The van der Waals surface area contributed by atoms with Crippen LogP contribution in [0.25, 0.3) is 0 Å². The molecule has 0 saturated carbocycles. The first-order valence-electron chi connectivity index (χ1n) is 9.99. The topological polar surface area (TPSA) is 108 Å². The van der Waals surface area contributed by atoms with E-state index in [9.17, 15) is 9.59 Å². The number of hydrogen-bond acceptors (Lipinski definition) is 8. The van der Waals surface area contributed by atoms with Crippen LogP contribution in [0.5, 0.6) is 23.0 Å². The Kier molecular flexibility index (Phi) is 9.74. The highest BCUT2D eigenvalue weighted by atomic mass is 35.5. The van der Waals surface area contributed by atoms with Crippen LogP contribution in [0.1, 0.15) is 20.8 Å². The van der Waals surface area contributed by atoms with Crippen molar-refractivity contribution in [1.82, 2.24) is 0 Å². The minimum atomic E-state index is -1.46. The Bertz CT molecular complexity index is 1050. The molecule has 0 bridgehead atoms. The molecule has 0 radical (unpaired) electrons. The molecule has 2 rings (SSSR count). The van der Waals surface area contributed by atoms with Gasteiger partial charge in [-0.05, 0) is 45.0 Å². The quantitative estimate of drug-likeness (QED) is 0.324. The number of hydrogen-bond donors (Lipinski definition) is 1. The number of ether oxygens (including phenoxy) is 4. The SMILES string of the molecule is CCOc1ccc(Cl)c(OCC)c1NC(=O)C(N=Nc1ccc(OC)c(Cl)c1OC)C(C)=O. The Balaban J connectivity index is 2.41. The van der Waals surface area contributed by atoms with Gasteiger partial charge in [0, 0.05) is 0 Å². The molecular formula is C22H25Cl2N3O6. The first-order valence-corrected chi connectivity index (χ1v) is 10.7. The van der Waals surface area contributed by atoms with E-state index >= 15 is 0 Å². The van der Waals surface area contributed by atoms with E-state index in [4.69, 9.17) is 42.1 Å². The molecule has 0 heterocycles. The predicted octanol–water partition coefficient (Wildman–Crippen LogP) is 5.49. The largest absolute Gasteiger partial charge is 0.495 e. The molecule has 1 unspecified atom stereocenters. The number of rotatable bonds is 11. The number of amides is 1. The van der Waals surface area contributed by atoms with Crippen LogP contribution < -0.4 is 24.3 Å². The van der Waals surface area contributed by atoms with Crippen LogP contribution in [0.4, 0.5) is 11.4 Å². The second-order valence-electron chi connectivity index (χ2n) is 6.47. The van der Waals surface area contributed by atoms with Gasteiger partial charge in [0.2, 0.25) is 6.04 Å². The summed E-state index contributed by atoms with van der Waals surface area (Å²) in [5.41, 5.74) is 0.415. The number of azo groups is 1. The number of benzene rings is 2. The Hall–Kier alpha value is -3.04. The number of anilines is 1. The van der Waals surface area contributed by atoms with E-state index in [1.54, 1.807) is 38.1 Å². The minimum absolute atomic E-state index is 0.182. The maximum absolute atomic E-state index is 13.0. The van der Waals surface area contributed by atoms with Gasteiger partial charge in [-0.1, -0.05) is 23.2 Å². The molecule has 9 nitrogen and oxygen atoms in total. The molecule has 2 aromatic carbocycles. The first-order chi connectivity index (χ1) is 15.8. The second-order valence-corrected chi connectivity index (χ2v) is 7.25. The number of nitrogens with one attached hydrogen (secondary N) is 1. The van der Waals surface area contributed by atoms with Crippen molar-refractivity contribution < 1.29 is 28.5 Å². The number of carbonyl (C=O) groups excluding carboxylic acids is 2. The van der Waals surface area contributed by atoms with E-state index in [0.717, 1.165) is 0 Å². The molecule has 0 aromatic heterocycles. The first kappa shape index (κ1) is 26.2. The number of methoxy groups -OCH3 is 2. The van der Waals surface area contributed by atoms with Gasteiger partial charge in [-0.15, -0.1) is 0 Å². The molecule has 0 spiro atoms. The van der Waals surface area contributed by atoms with Crippen LogP contribution in [0.3, 0.4) is 0 Å². The van der Waals surface area contributed by atoms with Gasteiger partial charge in [0.1, 0.15) is 27.9 Å². The summed E-state index contributed by atoms with van der Waals surface area (Å²) in [6.07, 6.45) is 0. The van der Waals surface area contributed by atoms with Gasteiger partial charge in [-0.25, -0.2) is 0 Å². The standard InChI is InChI=1S/C22H25Cl2N3O6/c1-6-32-16-10-8-13(23)20(33-7-2)19(16)25-22(29)18(12(3)28)27-26-14-9-11-15(30-4)17(24)21(14)31-5/h8-11,18H,6-7H2,1-5H3,(H,25,29). The van der Waals surface area contributed by atoms with E-state index in [-0.39, 0.29) is 32.9 Å². The van der Waals surface area contributed by atoms with Gasteiger partial charge in [0.25, 0.3) is 5.91 Å². The molecular weight excluding hydrogens is 473 g/mol. The molecule has 0 aliphatic heterocycles. The highest BCUT2D eigenvalue weighted by molar-refractivity contribution is 6.34. The van der Waals surface area contributed by atoms with Gasteiger partial charge in [-0.2, -0.15) is 10.2 Å². The maximum Gasteiger partial charge on any atom is 0.259 e. The van der Waals surface area contributed by atoms with Crippen molar-refractivity contribution in [2.45, 2.75) is 26.8 Å². The third kappa shape index (κ3) is 6.27. The van der Waals surface area contributed by atoms with Crippen molar-refractivity contribution in [3.05, 3.63) is 34.3 Å². The summed E-state index contributed by atoms with van der Waals surface area (Å²) in [6, 6.07) is 4.84. The van der Waals surface area contributed by atoms with Crippen LogP contribution in [0, 0.1) is 0 Å². The Labute approximate surface area is 202 Å². The fourth-order valence-corrected chi connectivity index (χ4v) is 3.33. The molecule has 0 aliphatic carbocycles. The highest BCUT2D eigenvalue weighted by Gasteiger charge is 2.27. The lowest BCUT2D eigenvalue weighted by atomic mass is 10.2. The zero-order valence-electron chi connectivity index (χ0n) is 18.9. The van der Waals surface area contributed by atoms with Crippen molar-refractivity contribution in [3.8, 4) is 23.0 Å². The molecule has 11 heteroatoms. The lowest BCUT2D eigenvalue weighted by Gasteiger charge is -2.18. The van der Waals surface area contributed by atoms with Gasteiger partial charge < -0.3 is 24.3 Å². The van der Waals surface area contributed by atoms with Crippen molar-refractivity contribution in [2.75, 3.05) is 32.8 Å². The fraction of sp³-hybridized carbons (Fsp3) is 0.364. The van der Waals surface area contributed by atoms with E-state index < -0.39 is 17.7 Å². The van der Waals surface area contributed by atoms with Crippen molar-refractivity contribution in [3.63, 3.8) is 0 Å². The van der Waals surface area contributed by atoms with Crippen molar-refractivity contribution in [1.29, 1.82) is 0 Å². The third-order valence-corrected chi connectivity index (χ3v) is 4.94. The molecule has 2 aromatic rings. The van der Waals surface area contributed by atoms with E-state index in [1.807, 2.05) is 0 Å². The molecule has 1 atom stereocenters. The summed E-state index contributed by atoms with van der Waals surface area (Å²) in [6.45, 7) is 5.43. The monoisotopic (exact) mass is 497 g/mol. The second kappa shape index (κ2) is 12.3. The van der Waals surface area contributed by atoms with Gasteiger partial charge in [-0.3, -0.25) is 9.59 Å². The predicted molar refractivity (Wildman–Crippen MR) is 126 cm³/mol. The minimum Gasteiger partial charge on any atom is -0.495 e. The summed E-state index contributed by atoms with van der Waals surface area (Å²) in [5, 5.41) is 11.1. The van der Waals surface area contributed by atoms with Crippen molar-refractivity contribution in [2.24, 2.45) is 10.2 Å². The number of halogens is 2. The van der Waals surface area contributed by atoms with Crippen LogP contribution in [-0.4, -0.2) is 45.2 Å². The van der Waals surface area contributed by atoms with Crippen molar-refractivity contribution >= 4 is 46.3 Å². The molecule has 0 aliphatic rings. The summed E-state index contributed by atoms with van der Waals surface area (Å²) in [7, 11) is 2.86. The smallest absolute Gasteiger partial charge is 0.259 e. The average molecular weight is 498 g/mol. The number of ketones is 1. The number of Topliss-reactive ketones (excluding diaryl/α,β-unsaturated/α-hetero) is 1. The Morgan fingerprint density at radius 2 is 1.64 bits per heavy atom. The maximum atomic E-state index is 13.0. The Morgan fingerprint density at radius 1 is 0.970 bits per heavy atom. The Morgan fingerprint density at radius 3 is 2.21 bits per heavy atom. The molecule has 1 N–H and O–H groups in total. The van der Waals surface area contributed by atoms with Gasteiger partial charge in [0.15, 0.2) is 17.3 Å². The summed E-state index contributed by atoms with van der Waals surface area (Å²) >= 11 is 12.5. The lowest BCUT2D eigenvalue weighted by molar-refractivity contribution is -0.126. The molecule has 33 heavy (non-hydrogen) atoms. The number of nitrogens with zero attached hydrogens (tertiary/aromatic N) is 2. The van der Waals surface area contributed by atoms with Crippen LogP contribution in [0.2, 0.25) is 10.0 Å². The van der Waals surface area contributed by atoms with Crippen LogP contribution in [0.15, 0.2) is 34.5 Å². The van der Waals surface area contributed by atoms with E-state index in [1.165, 1.54) is 21.1 Å². The summed E-state index contributed by atoms with van der Waals surface area (Å²) in [5.74, 6) is -0.152. The molecule has 0 fully saturated rings. The van der Waals surface area contributed by atoms with Gasteiger partial charge in [0.05, 0.1) is 32.5 Å². The zero-order chi connectivity index (χ0) is 24.5. The van der Waals surface area contributed by atoms with Crippen LogP contribution >= 0.6 is 23.2 Å². The molecule has 1 amide bonds. The average Bonchev–Trinajstić information content (AvgIpc) is 2.78. The normalized spacial score (nSPS) is 11.7. The molecule has 178 valence electrons. The summed E-state index contributed by atoms with van der Waals surface area (Å²) < 4.78 is 21.6. The lowest BCUT2D eigenvalue weighted by Crippen LogP contribution is -2.32.